The van der Waals surface area contributed by atoms with Crippen LogP contribution in [0.2, 0.25) is 0 Å². The second-order valence-electron chi connectivity index (χ2n) is 5.51. The first-order valence-electron chi connectivity index (χ1n) is 4.98. The van der Waals surface area contributed by atoms with Gasteiger partial charge in [-0.1, -0.05) is 27.7 Å². The molecule has 0 saturated heterocycles. The third kappa shape index (κ3) is 0.666. The van der Waals surface area contributed by atoms with E-state index in [0.29, 0.717) is 10.8 Å². The topological polar surface area (TPSA) is 0 Å². The summed E-state index contributed by atoms with van der Waals surface area (Å²) in [6.45, 7) is 9.91. The Kier molecular flexibility index (Phi) is 1.28. The van der Waals surface area contributed by atoms with Crippen LogP contribution in [0.5, 0.6) is 0 Å². The van der Waals surface area contributed by atoms with Crippen LogP contribution in [0, 0.1) is 22.7 Å². The Morgan fingerprint density at radius 2 is 1.82 bits per heavy atom. The fourth-order valence-electron chi connectivity index (χ4n) is 3.60. The molecule has 0 aromatic heterocycles. The lowest BCUT2D eigenvalue weighted by Crippen LogP contribution is -2.30. The molecule has 0 spiro atoms. The van der Waals surface area contributed by atoms with Crippen molar-refractivity contribution in [2.24, 2.45) is 22.7 Å². The molecular weight excluding hydrogens is 132 g/mol. The Morgan fingerprint density at radius 1 is 1.18 bits per heavy atom. The Balaban J connectivity index is 2.40. The molecule has 2 bridgehead atoms. The monoisotopic (exact) mass is 152 g/mol. The van der Waals surface area contributed by atoms with E-state index in [1.807, 2.05) is 0 Å². The van der Waals surface area contributed by atoms with Crippen molar-refractivity contribution in [1.29, 1.82) is 0 Å². The van der Waals surface area contributed by atoms with E-state index in [9.17, 15) is 0 Å². The molecule has 0 unspecified atom stereocenters. The molecule has 0 aromatic carbocycles. The van der Waals surface area contributed by atoms with Gasteiger partial charge in [0.05, 0.1) is 0 Å². The lowest BCUT2D eigenvalue weighted by atomic mass is 9.67. The zero-order valence-electron chi connectivity index (χ0n) is 8.28. The van der Waals surface area contributed by atoms with Gasteiger partial charge in [-0.15, -0.1) is 0 Å². The van der Waals surface area contributed by atoms with Crippen molar-refractivity contribution >= 4 is 0 Å². The van der Waals surface area contributed by atoms with Crippen molar-refractivity contribution in [3.63, 3.8) is 0 Å². The highest BCUT2D eigenvalue weighted by Crippen LogP contribution is 2.67. The van der Waals surface area contributed by atoms with Gasteiger partial charge in [-0.3, -0.25) is 0 Å². The Hall–Kier alpha value is 0. The summed E-state index contributed by atoms with van der Waals surface area (Å²) in [6, 6.07) is 0. The summed E-state index contributed by atoms with van der Waals surface area (Å²) < 4.78 is 0. The summed E-state index contributed by atoms with van der Waals surface area (Å²) in [5.74, 6) is 2.00. The van der Waals surface area contributed by atoms with Gasteiger partial charge < -0.3 is 0 Å². The minimum absolute atomic E-state index is 0.631. The van der Waals surface area contributed by atoms with Crippen molar-refractivity contribution in [3.05, 3.63) is 0 Å². The zero-order valence-corrected chi connectivity index (χ0v) is 8.28. The highest BCUT2D eigenvalue weighted by Gasteiger charge is 2.59. The largest absolute Gasteiger partial charge is 0.0620 e. The molecule has 11 heavy (non-hydrogen) atoms. The lowest BCUT2D eigenvalue weighted by Gasteiger charge is -2.37. The summed E-state index contributed by atoms with van der Waals surface area (Å²) in [4.78, 5) is 0. The lowest BCUT2D eigenvalue weighted by molar-refractivity contribution is 0.112. The van der Waals surface area contributed by atoms with E-state index in [-0.39, 0.29) is 0 Å². The van der Waals surface area contributed by atoms with Crippen LogP contribution < -0.4 is 0 Å². The van der Waals surface area contributed by atoms with Crippen LogP contribution in [0.4, 0.5) is 0 Å². The number of rotatable bonds is 0. The summed E-state index contributed by atoms with van der Waals surface area (Å²) in [7, 11) is 0. The van der Waals surface area contributed by atoms with Gasteiger partial charge in [-0.2, -0.15) is 0 Å². The van der Waals surface area contributed by atoms with Gasteiger partial charge in [0.2, 0.25) is 0 Å². The second kappa shape index (κ2) is 1.84. The number of fused-ring (bicyclic) bond motifs is 2. The summed E-state index contributed by atoms with van der Waals surface area (Å²) in [5, 5.41) is 0. The zero-order chi connectivity index (χ0) is 8.28. The molecular formula is C11H20. The molecule has 0 heteroatoms. The smallest absolute Gasteiger partial charge is 0.0246 e. The third-order valence-corrected chi connectivity index (χ3v) is 5.23. The first kappa shape index (κ1) is 7.64. The molecule has 2 rings (SSSR count). The van der Waals surface area contributed by atoms with E-state index in [1.165, 1.54) is 19.3 Å². The van der Waals surface area contributed by atoms with E-state index >= 15 is 0 Å². The van der Waals surface area contributed by atoms with Crippen LogP contribution in [0.1, 0.15) is 47.0 Å². The average molecular weight is 152 g/mol. The first-order chi connectivity index (χ1) is 4.98. The maximum Gasteiger partial charge on any atom is -0.0246 e. The maximum atomic E-state index is 2.50. The molecule has 0 N–H and O–H groups in total. The van der Waals surface area contributed by atoms with Crippen LogP contribution in [0.25, 0.3) is 0 Å². The maximum absolute atomic E-state index is 2.50. The van der Waals surface area contributed by atoms with E-state index in [2.05, 4.69) is 27.7 Å². The van der Waals surface area contributed by atoms with E-state index in [0.717, 1.165) is 11.8 Å². The summed E-state index contributed by atoms with van der Waals surface area (Å²) in [5.41, 5.74) is 1.30. The van der Waals surface area contributed by atoms with Gasteiger partial charge in [-0.25, -0.2) is 0 Å². The molecule has 3 atom stereocenters. The van der Waals surface area contributed by atoms with Crippen molar-refractivity contribution in [2.45, 2.75) is 47.0 Å². The second-order valence-corrected chi connectivity index (χ2v) is 5.51. The van der Waals surface area contributed by atoms with E-state index in [4.69, 9.17) is 0 Å². The SMILES string of the molecule is C[C@H]1C[C@@H]2CC[C@@]1(C)C2(C)C. The average Bonchev–Trinajstić information content (AvgIpc) is 2.20. The fourth-order valence-corrected chi connectivity index (χ4v) is 3.60. The predicted molar refractivity (Wildman–Crippen MR) is 48.4 cm³/mol. The molecule has 2 saturated carbocycles. The van der Waals surface area contributed by atoms with Crippen molar-refractivity contribution in [2.75, 3.05) is 0 Å². The molecule has 2 aliphatic rings. The van der Waals surface area contributed by atoms with Crippen LogP contribution >= 0.6 is 0 Å². The molecule has 2 aliphatic carbocycles. The minimum atomic E-state index is 0.631. The number of hydrogen-bond acceptors (Lipinski definition) is 0. The van der Waals surface area contributed by atoms with Crippen molar-refractivity contribution in [1.82, 2.24) is 0 Å². The van der Waals surface area contributed by atoms with E-state index < -0.39 is 0 Å². The molecule has 0 heterocycles. The van der Waals surface area contributed by atoms with Crippen molar-refractivity contribution in [3.8, 4) is 0 Å². The van der Waals surface area contributed by atoms with Gasteiger partial charge in [0.15, 0.2) is 0 Å². The predicted octanol–water partition coefficient (Wildman–Crippen LogP) is 3.47. The third-order valence-electron chi connectivity index (χ3n) is 5.23. The first-order valence-corrected chi connectivity index (χ1v) is 4.98. The molecule has 0 amide bonds. The van der Waals surface area contributed by atoms with Gasteiger partial charge >= 0.3 is 0 Å². The minimum Gasteiger partial charge on any atom is -0.0620 e. The normalized spacial score (nSPS) is 53.5. The molecule has 2 fully saturated rings. The fraction of sp³-hybridized carbons (Fsp3) is 1.00. The Bertz CT molecular complexity index is 180. The van der Waals surface area contributed by atoms with Gasteiger partial charge in [0.25, 0.3) is 0 Å². The standard InChI is InChI=1S/C11H20/c1-8-7-9-5-6-11(8,4)10(9,2)3/h8-9H,5-7H2,1-4H3/t8-,9-,11+/m0/s1. The molecule has 64 valence electrons. The Morgan fingerprint density at radius 3 is 2.00 bits per heavy atom. The van der Waals surface area contributed by atoms with Crippen LogP contribution in [-0.4, -0.2) is 0 Å². The Labute approximate surface area is 70.4 Å². The molecule has 0 aliphatic heterocycles. The summed E-state index contributed by atoms with van der Waals surface area (Å²) >= 11 is 0. The molecule has 0 radical (unpaired) electrons. The van der Waals surface area contributed by atoms with Gasteiger partial charge in [0.1, 0.15) is 0 Å². The highest BCUT2D eigenvalue weighted by molar-refractivity contribution is 5.08. The summed E-state index contributed by atoms with van der Waals surface area (Å²) in [6.07, 6.45) is 4.46. The van der Waals surface area contributed by atoms with Crippen LogP contribution in [0.3, 0.4) is 0 Å². The number of hydrogen-bond donors (Lipinski definition) is 0. The van der Waals surface area contributed by atoms with Gasteiger partial charge in [-0.05, 0) is 41.9 Å². The van der Waals surface area contributed by atoms with Crippen LogP contribution in [-0.2, 0) is 0 Å². The quantitative estimate of drug-likeness (QED) is 0.498. The van der Waals surface area contributed by atoms with E-state index in [1.54, 1.807) is 0 Å². The van der Waals surface area contributed by atoms with Crippen molar-refractivity contribution < 1.29 is 0 Å². The molecule has 0 aromatic rings. The van der Waals surface area contributed by atoms with Crippen LogP contribution in [0.15, 0.2) is 0 Å². The molecule has 0 nitrogen and oxygen atoms in total. The highest BCUT2D eigenvalue weighted by atomic mass is 14.6. The van der Waals surface area contributed by atoms with Gasteiger partial charge in [0, 0.05) is 0 Å².